The Morgan fingerprint density at radius 2 is 1.56 bits per heavy atom. The monoisotopic (exact) mass is 248 g/mol. The zero-order valence-electron chi connectivity index (χ0n) is 9.54. The first-order valence-corrected chi connectivity index (χ1v) is 5.41. The van der Waals surface area contributed by atoms with Crippen LogP contribution in [0.15, 0.2) is 55.1 Å². The molecular weight excluding hydrogens is 237 g/mol. The molecule has 92 valence electrons. The van der Waals surface area contributed by atoms with Gasteiger partial charge in [0.2, 0.25) is 0 Å². The van der Waals surface area contributed by atoms with Crippen molar-refractivity contribution in [3.63, 3.8) is 0 Å². The van der Waals surface area contributed by atoms with Gasteiger partial charge in [0.1, 0.15) is 0 Å². The van der Waals surface area contributed by atoms with Crippen LogP contribution in [0.25, 0.3) is 17.2 Å². The highest BCUT2D eigenvalue weighted by Crippen LogP contribution is 2.35. The molecule has 0 fully saturated rings. The molecule has 18 heavy (non-hydrogen) atoms. The summed E-state index contributed by atoms with van der Waals surface area (Å²) >= 11 is 0. The fourth-order valence-electron chi connectivity index (χ4n) is 1.79. The number of benzene rings is 2. The molecular formula is C15H11F3. The summed E-state index contributed by atoms with van der Waals surface area (Å²) in [6, 6.07) is 13.2. The van der Waals surface area contributed by atoms with Gasteiger partial charge in [0.05, 0.1) is 5.56 Å². The Labute approximate surface area is 103 Å². The molecule has 0 heterocycles. The van der Waals surface area contributed by atoms with E-state index >= 15 is 0 Å². The molecule has 0 spiro atoms. The van der Waals surface area contributed by atoms with Crippen molar-refractivity contribution in [1.29, 1.82) is 0 Å². The quantitative estimate of drug-likeness (QED) is 0.700. The lowest BCUT2D eigenvalue weighted by molar-refractivity contribution is -0.137. The van der Waals surface area contributed by atoms with Gasteiger partial charge in [-0.1, -0.05) is 55.1 Å². The molecule has 3 heteroatoms. The predicted molar refractivity (Wildman–Crippen MR) is 67.0 cm³/mol. The maximum Gasteiger partial charge on any atom is 0.417 e. The summed E-state index contributed by atoms with van der Waals surface area (Å²) in [6.07, 6.45) is -3.15. The van der Waals surface area contributed by atoms with Crippen molar-refractivity contribution in [1.82, 2.24) is 0 Å². The fourth-order valence-corrected chi connectivity index (χ4v) is 1.79. The SMILES string of the molecule is C=Cc1ccc(-c2ccccc2)cc1C(F)(F)F. The zero-order chi connectivity index (χ0) is 13.2. The minimum atomic E-state index is -4.37. The first-order valence-electron chi connectivity index (χ1n) is 5.41. The molecule has 0 amide bonds. The van der Waals surface area contributed by atoms with Crippen molar-refractivity contribution in [2.75, 3.05) is 0 Å². The van der Waals surface area contributed by atoms with Crippen LogP contribution < -0.4 is 0 Å². The summed E-state index contributed by atoms with van der Waals surface area (Å²) in [6.45, 7) is 3.41. The number of hydrogen-bond donors (Lipinski definition) is 0. The summed E-state index contributed by atoms with van der Waals surface area (Å²) in [7, 11) is 0. The Morgan fingerprint density at radius 1 is 0.889 bits per heavy atom. The summed E-state index contributed by atoms with van der Waals surface area (Å²) < 4.78 is 38.6. The van der Waals surface area contributed by atoms with Gasteiger partial charge in [-0.25, -0.2) is 0 Å². The maximum absolute atomic E-state index is 12.9. The van der Waals surface area contributed by atoms with Crippen LogP contribution in [-0.4, -0.2) is 0 Å². The van der Waals surface area contributed by atoms with E-state index in [9.17, 15) is 13.2 Å². The summed E-state index contributed by atoms with van der Waals surface area (Å²) in [4.78, 5) is 0. The molecule has 0 nitrogen and oxygen atoms in total. The number of hydrogen-bond acceptors (Lipinski definition) is 0. The lowest BCUT2D eigenvalue weighted by atomic mass is 9.99. The third kappa shape index (κ3) is 2.45. The average Bonchev–Trinajstić information content (AvgIpc) is 2.38. The molecule has 0 aliphatic rings. The number of halogens is 3. The first kappa shape index (κ1) is 12.4. The average molecular weight is 248 g/mol. The van der Waals surface area contributed by atoms with E-state index in [0.29, 0.717) is 5.56 Å². The normalized spacial score (nSPS) is 11.3. The van der Waals surface area contributed by atoms with E-state index in [-0.39, 0.29) is 5.56 Å². The number of alkyl halides is 3. The van der Waals surface area contributed by atoms with Gasteiger partial charge < -0.3 is 0 Å². The molecule has 2 aromatic rings. The van der Waals surface area contributed by atoms with Crippen molar-refractivity contribution in [3.05, 3.63) is 66.2 Å². The lowest BCUT2D eigenvalue weighted by Crippen LogP contribution is -2.07. The highest BCUT2D eigenvalue weighted by molar-refractivity contribution is 5.68. The van der Waals surface area contributed by atoms with Crippen molar-refractivity contribution in [2.24, 2.45) is 0 Å². The smallest absolute Gasteiger partial charge is 0.166 e. The second-order valence-corrected chi connectivity index (χ2v) is 3.87. The zero-order valence-corrected chi connectivity index (χ0v) is 9.54. The van der Waals surface area contributed by atoms with Crippen LogP contribution in [0.1, 0.15) is 11.1 Å². The largest absolute Gasteiger partial charge is 0.417 e. The van der Waals surface area contributed by atoms with Crippen LogP contribution in [0.3, 0.4) is 0 Å². The Balaban J connectivity index is 2.57. The molecule has 0 saturated carbocycles. The van der Waals surface area contributed by atoms with Crippen molar-refractivity contribution in [3.8, 4) is 11.1 Å². The van der Waals surface area contributed by atoms with Crippen LogP contribution in [0.2, 0.25) is 0 Å². The highest BCUT2D eigenvalue weighted by atomic mass is 19.4. The van der Waals surface area contributed by atoms with Crippen LogP contribution in [0.4, 0.5) is 13.2 Å². The maximum atomic E-state index is 12.9. The Morgan fingerprint density at radius 3 is 2.11 bits per heavy atom. The fraction of sp³-hybridized carbons (Fsp3) is 0.0667. The lowest BCUT2D eigenvalue weighted by Gasteiger charge is -2.12. The van der Waals surface area contributed by atoms with Crippen molar-refractivity contribution < 1.29 is 13.2 Å². The van der Waals surface area contributed by atoms with Gasteiger partial charge in [-0.05, 0) is 22.8 Å². The van der Waals surface area contributed by atoms with Gasteiger partial charge in [0.15, 0.2) is 0 Å². The Hall–Kier alpha value is -2.03. The Kier molecular flexibility index (Phi) is 3.24. The van der Waals surface area contributed by atoms with E-state index in [0.717, 1.165) is 11.6 Å². The summed E-state index contributed by atoms with van der Waals surface area (Å²) in [5, 5.41) is 0. The third-order valence-electron chi connectivity index (χ3n) is 2.69. The molecule has 0 unspecified atom stereocenters. The van der Waals surface area contributed by atoms with E-state index in [2.05, 4.69) is 6.58 Å². The van der Waals surface area contributed by atoms with Crippen molar-refractivity contribution >= 4 is 6.08 Å². The van der Waals surface area contributed by atoms with Gasteiger partial charge in [-0.3, -0.25) is 0 Å². The van der Waals surface area contributed by atoms with E-state index in [1.165, 1.54) is 12.1 Å². The van der Waals surface area contributed by atoms with E-state index < -0.39 is 11.7 Å². The minimum absolute atomic E-state index is 0.0992. The topological polar surface area (TPSA) is 0 Å². The minimum Gasteiger partial charge on any atom is -0.166 e. The van der Waals surface area contributed by atoms with Crippen LogP contribution in [-0.2, 0) is 6.18 Å². The summed E-state index contributed by atoms with van der Waals surface area (Å²) in [5.74, 6) is 0. The van der Waals surface area contributed by atoms with Crippen LogP contribution >= 0.6 is 0 Å². The number of rotatable bonds is 2. The molecule has 0 bridgehead atoms. The third-order valence-corrected chi connectivity index (χ3v) is 2.69. The van der Waals surface area contributed by atoms with Gasteiger partial charge in [-0.15, -0.1) is 0 Å². The Bertz CT molecular complexity index is 554. The second kappa shape index (κ2) is 4.69. The molecule has 0 N–H and O–H groups in total. The molecule has 0 aromatic heterocycles. The molecule has 2 rings (SSSR count). The standard InChI is InChI=1S/C15H11F3/c1-2-11-8-9-13(10-14(11)15(16,17)18)12-6-4-3-5-7-12/h2-10H,1H2. The predicted octanol–water partition coefficient (Wildman–Crippen LogP) is 5.02. The molecule has 0 saturated heterocycles. The second-order valence-electron chi connectivity index (χ2n) is 3.87. The van der Waals surface area contributed by atoms with Crippen LogP contribution in [0, 0.1) is 0 Å². The first-order chi connectivity index (χ1) is 8.52. The molecule has 0 radical (unpaired) electrons. The molecule has 0 atom stereocenters. The van der Waals surface area contributed by atoms with Gasteiger partial charge in [0.25, 0.3) is 0 Å². The molecule has 0 aliphatic carbocycles. The van der Waals surface area contributed by atoms with E-state index in [1.54, 1.807) is 30.3 Å². The van der Waals surface area contributed by atoms with Gasteiger partial charge >= 0.3 is 6.18 Å². The highest BCUT2D eigenvalue weighted by Gasteiger charge is 2.32. The van der Waals surface area contributed by atoms with Crippen LogP contribution in [0.5, 0.6) is 0 Å². The molecule has 0 aliphatic heterocycles. The van der Waals surface area contributed by atoms with Crippen molar-refractivity contribution in [2.45, 2.75) is 6.18 Å². The summed E-state index contributed by atoms with van der Waals surface area (Å²) in [5.41, 5.74) is 0.758. The molecule has 2 aromatic carbocycles. The van der Waals surface area contributed by atoms with E-state index in [1.807, 2.05) is 6.07 Å². The van der Waals surface area contributed by atoms with Gasteiger partial charge in [-0.2, -0.15) is 13.2 Å². The van der Waals surface area contributed by atoms with Gasteiger partial charge in [0, 0.05) is 0 Å². The van der Waals surface area contributed by atoms with E-state index in [4.69, 9.17) is 0 Å².